The third-order valence-electron chi connectivity index (χ3n) is 2.65. The van der Waals surface area contributed by atoms with E-state index in [1.807, 2.05) is 12.3 Å². The molecular formula is C13H23N3O3S. The Hall–Kier alpha value is -1.02. The molecular weight excluding hydrogens is 278 g/mol. The van der Waals surface area contributed by atoms with E-state index in [0.717, 1.165) is 23.8 Å². The fourth-order valence-electron chi connectivity index (χ4n) is 1.68. The number of rotatable bonds is 10. The van der Waals surface area contributed by atoms with Crippen LogP contribution in [0.3, 0.4) is 0 Å². The Morgan fingerprint density at radius 1 is 1.55 bits per heavy atom. The molecule has 0 aliphatic carbocycles. The van der Waals surface area contributed by atoms with Crippen LogP contribution in [0.4, 0.5) is 5.13 Å². The van der Waals surface area contributed by atoms with Gasteiger partial charge in [-0.15, -0.1) is 11.3 Å². The van der Waals surface area contributed by atoms with Gasteiger partial charge < -0.3 is 15.2 Å². The Bertz CT molecular complexity index is 398. The third kappa shape index (κ3) is 5.96. The van der Waals surface area contributed by atoms with Gasteiger partial charge in [-0.1, -0.05) is 0 Å². The van der Waals surface area contributed by atoms with Gasteiger partial charge in [-0.05, 0) is 19.9 Å². The normalized spacial score (nSPS) is 10.8. The molecule has 1 aromatic heterocycles. The summed E-state index contributed by atoms with van der Waals surface area (Å²) < 4.78 is 5.16. The average Bonchev–Trinajstić information content (AvgIpc) is 2.87. The van der Waals surface area contributed by atoms with Crippen molar-refractivity contribution >= 4 is 22.4 Å². The first-order valence-corrected chi connectivity index (χ1v) is 7.68. The van der Waals surface area contributed by atoms with Gasteiger partial charge in [0.1, 0.15) is 0 Å². The van der Waals surface area contributed by atoms with Crippen molar-refractivity contribution in [1.29, 1.82) is 0 Å². The summed E-state index contributed by atoms with van der Waals surface area (Å²) in [5.74, 6) is 0.0161. The smallest absolute Gasteiger partial charge is 0.225 e. The molecule has 0 atom stereocenters. The summed E-state index contributed by atoms with van der Waals surface area (Å²) in [4.78, 5) is 17.5. The van der Waals surface area contributed by atoms with Crippen LogP contribution >= 0.6 is 11.3 Å². The number of amides is 1. The molecule has 20 heavy (non-hydrogen) atoms. The van der Waals surface area contributed by atoms with E-state index in [-0.39, 0.29) is 12.5 Å². The second kappa shape index (κ2) is 9.82. The van der Waals surface area contributed by atoms with E-state index < -0.39 is 0 Å². The van der Waals surface area contributed by atoms with Gasteiger partial charge in [0.25, 0.3) is 0 Å². The van der Waals surface area contributed by atoms with Gasteiger partial charge in [0.15, 0.2) is 5.13 Å². The van der Waals surface area contributed by atoms with Crippen LogP contribution in [0.5, 0.6) is 0 Å². The van der Waals surface area contributed by atoms with E-state index in [1.165, 1.54) is 11.3 Å². The minimum absolute atomic E-state index is 0.0161. The van der Waals surface area contributed by atoms with Gasteiger partial charge in [0, 0.05) is 32.0 Å². The number of carbonyl (C=O) groups is 1. The molecule has 0 saturated heterocycles. The topological polar surface area (TPSA) is 74.7 Å². The molecule has 0 saturated carbocycles. The molecule has 0 spiro atoms. The fourth-order valence-corrected chi connectivity index (χ4v) is 2.61. The van der Waals surface area contributed by atoms with Crippen LogP contribution in [0.1, 0.15) is 26.0 Å². The van der Waals surface area contributed by atoms with Crippen LogP contribution in [-0.4, -0.2) is 48.9 Å². The van der Waals surface area contributed by atoms with Crippen molar-refractivity contribution in [2.45, 2.75) is 26.8 Å². The zero-order valence-corrected chi connectivity index (χ0v) is 12.9. The van der Waals surface area contributed by atoms with Crippen LogP contribution in [0.2, 0.25) is 0 Å². The lowest BCUT2D eigenvalue weighted by molar-refractivity contribution is -0.116. The molecule has 0 aliphatic heterocycles. The Morgan fingerprint density at radius 2 is 2.35 bits per heavy atom. The lowest BCUT2D eigenvalue weighted by Crippen LogP contribution is -2.27. The first kappa shape index (κ1) is 17.0. The second-order valence-corrected chi connectivity index (χ2v) is 5.09. The highest BCUT2D eigenvalue weighted by Crippen LogP contribution is 2.20. The number of ether oxygens (including phenoxy) is 1. The highest BCUT2D eigenvalue weighted by atomic mass is 32.1. The summed E-state index contributed by atoms with van der Waals surface area (Å²) in [6.07, 6.45) is 0.894. The Balaban J connectivity index is 2.25. The number of nitrogens with one attached hydrogen (secondary N) is 1. The Morgan fingerprint density at radius 3 is 3.00 bits per heavy atom. The first-order chi connectivity index (χ1) is 9.69. The zero-order valence-electron chi connectivity index (χ0n) is 12.1. The standard InChI is InChI=1S/C13H23N3O3S/c1-3-16(11(2)18)13-15-12(10-20-13)9-14-5-4-7-19-8-6-17/h10,14,17H,3-9H2,1-2H3. The van der Waals surface area contributed by atoms with Gasteiger partial charge in [0.05, 0.1) is 18.9 Å². The highest BCUT2D eigenvalue weighted by Gasteiger charge is 2.12. The van der Waals surface area contributed by atoms with Crippen LogP contribution in [0, 0.1) is 0 Å². The molecule has 2 N–H and O–H groups in total. The van der Waals surface area contributed by atoms with Crippen LogP contribution in [-0.2, 0) is 16.1 Å². The number of hydrogen-bond acceptors (Lipinski definition) is 6. The summed E-state index contributed by atoms with van der Waals surface area (Å²) in [5, 5.41) is 14.5. The van der Waals surface area contributed by atoms with E-state index in [2.05, 4.69) is 10.3 Å². The molecule has 1 aromatic rings. The predicted octanol–water partition coefficient (Wildman–Crippen LogP) is 1.00. The molecule has 6 nitrogen and oxygen atoms in total. The number of thiazole rings is 1. The highest BCUT2D eigenvalue weighted by molar-refractivity contribution is 7.14. The molecule has 114 valence electrons. The largest absolute Gasteiger partial charge is 0.394 e. The number of nitrogens with zero attached hydrogens (tertiary/aromatic N) is 2. The van der Waals surface area contributed by atoms with Gasteiger partial charge in [-0.25, -0.2) is 4.98 Å². The number of aromatic nitrogens is 1. The summed E-state index contributed by atoms with van der Waals surface area (Å²) in [7, 11) is 0. The maximum absolute atomic E-state index is 11.4. The molecule has 7 heteroatoms. The molecule has 1 heterocycles. The van der Waals surface area contributed by atoms with Crippen LogP contribution < -0.4 is 10.2 Å². The van der Waals surface area contributed by atoms with Crippen molar-refractivity contribution in [3.05, 3.63) is 11.1 Å². The monoisotopic (exact) mass is 301 g/mol. The molecule has 0 unspecified atom stereocenters. The van der Waals surface area contributed by atoms with Crippen molar-refractivity contribution in [3.63, 3.8) is 0 Å². The minimum atomic E-state index is 0.0161. The summed E-state index contributed by atoms with van der Waals surface area (Å²) in [6.45, 7) is 6.75. The van der Waals surface area contributed by atoms with E-state index >= 15 is 0 Å². The van der Waals surface area contributed by atoms with Crippen molar-refractivity contribution in [1.82, 2.24) is 10.3 Å². The second-order valence-electron chi connectivity index (χ2n) is 4.25. The molecule has 0 aromatic carbocycles. The minimum Gasteiger partial charge on any atom is -0.394 e. The summed E-state index contributed by atoms with van der Waals surface area (Å²) in [6, 6.07) is 0. The number of carbonyl (C=O) groups excluding carboxylic acids is 1. The Labute approximate surface area is 123 Å². The lowest BCUT2D eigenvalue weighted by Gasteiger charge is -2.14. The third-order valence-corrected chi connectivity index (χ3v) is 3.56. The molecule has 1 rings (SSSR count). The Kier molecular flexibility index (Phi) is 8.36. The molecule has 0 fully saturated rings. The average molecular weight is 301 g/mol. The maximum Gasteiger partial charge on any atom is 0.225 e. The first-order valence-electron chi connectivity index (χ1n) is 6.80. The van der Waals surface area contributed by atoms with E-state index in [0.29, 0.717) is 26.3 Å². The number of aliphatic hydroxyl groups is 1. The van der Waals surface area contributed by atoms with Crippen molar-refractivity contribution in [2.24, 2.45) is 0 Å². The number of anilines is 1. The predicted molar refractivity (Wildman–Crippen MR) is 80.0 cm³/mol. The summed E-state index contributed by atoms with van der Waals surface area (Å²) >= 11 is 1.49. The van der Waals surface area contributed by atoms with Gasteiger partial charge in [-0.3, -0.25) is 9.69 Å². The number of aliphatic hydroxyl groups excluding tert-OH is 1. The molecule has 0 radical (unpaired) electrons. The van der Waals surface area contributed by atoms with Crippen molar-refractivity contribution < 1.29 is 14.6 Å². The zero-order chi connectivity index (χ0) is 14.8. The molecule has 1 amide bonds. The van der Waals surface area contributed by atoms with Gasteiger partial charge in [0.2, 0.25) is 5.91 Å². The molecule has 0 bridgehead atoms. The van der Waals surface area contributed by atoms with Crippen molar-refractivity contribution in [3.8, 4) is 0 Å². The van der Waals surface area contributed by atoms with E-state index in [4.69, 9.17) is 9.84 Å². The molecule has 0 aliphatic rings. The summed E-state index contributed by atoms with van der Waals surface area (Å²) in [5.41, 5.74) is 0.945. The van der Waals surface area contributed by atoms with Gasteiger partial charge in [-0.2, -0.15) is 0 Å². The van der Waals surface area contributed by atoms with E-state index in [9.17, 15) is 4.79 Å². The quantitative estimate of drug-likeness (QED) is 0.631. The lowest BCUT2D eigenvalue weighted by atomic mass is 10.4. The van der Waals surface area contributed by atoms with E-state index in [1.54, 1.807) is 11.8 Å². The number of hydrogen-bond donors (Lipinski definition) is 2. The SMILES string of the molecule is CCN(C(C)=O)c1nc(CNCCCOCCO)cs1. The van der Waals surface area contributed by atoms with Crippen LogP contribution in [0.15, 0.2) is 5.38 Å². The van der Waals surface area contributed by atoms with Crippen molar-refractivity contribution in [2.75, 3.05) is 37.8 Å². The maximum atomic E-state index is 11.4. The fraction of sp³-hybridized carbons (Fsp3) is 0.692. The van der Waals surface area contributed by atoms with Gasteiger partial charge >= 0.3 is 0 Å². The van der Waals surface area contributed by atoms with Crippen LogP contribution in [0.25, 0.3) is 0 Å².